The maximum Gasteiger partial charge on any atom is 0.312 e. The molecule has 2 bridgehead atoms. The summed E-state index contributed by atoms with van der Waals surface area (Å²) in [6, 6.07) is 0. The van der Waals surface area contributed by atoms with E-state index < -0.39 is 0 Å². The molecular formula is C12H19IO2. The summed E-state index contributed by atoms with van der Waals surface area (Å²) >= 11 is 2.51. The molecule has 15 heavy (non-hydrogen) atoms. The summed E-state index contributed by atoms with van der Waals surface area (Å²) in [7, 11) is 0. The van der Waals surface area contributed by atoms with Gasteiger partial charge in [-0.3, -0.25) is 4.79 Å². The van der Waals surface area contributed by atoms with Crippen molar-refractivity contribution in [2.24, 2.45) is 10.8 Å². The summed E-state index contributed by atoms with van der Waals surface area (Å²) in [5.41, 5.74) is 0.471. The van der Waals surface area contributed by atoms with Crippen LogP contribution in [0.4, 0.5) is 0 Å². The van der Waals surface area contributed by atoms with E-state index in [0.29, 0.717) is 12.0 Å². The van der Waals surface area contributed by atoms with Gasteiger partial charge in [0.2, 0.25) is 0 Å². The number of alkyl halides is 1. The van der Waals surface area contributed by atoms with Crippen molar-refractivity contribution in [3.05, 3.63) is 0 Å². The number of ether oxygens (including phenoxy) is 1. The molecule has 2 nitrogen and oxygen atoms in total. The lowest BCUT2D eigenvalue weighted by atomic mass is 9.54. The van der Waals surface area contributed by atoms with Crippen LogP contribution >= 0.6 is 22.6 Å². The Morgan fingerprint density at radius 1 is 1.20 bits per heavy atom. The average molecular weight is 322 g/mol. The number of hydrogen-bond donors (Lipinski definition) is 0. The van der Waals surface area contributed by atoms with Gasteiger partial charge in [0.1, 0.15) is 0 Å². The fourth-order valence-electron chi connectivity index (χ4n) is 3.05. The van der Waals surface area contributed by atoms with Gasteiger partial charge in [-0.25, -0.2) is 0 Å². The summed E-state index contributed by atoms with van der Waals surface area (Å²) < 4.78 is 6.48. The van der Waals surface area contributed by atoms with Crippen LogP contribution in [0.1, 0.15) is 45.4 Å². The van der Waals surface area contributed by atoms with Crippen molar-refractivity contribution in [2.75, 3.05) is 11.0 Å². The number of carbonyl (C=O) groups excluding carboxylic acids is 1. The summed E-state index contributed by atoms with van der Waals surface area (Å²) in [5.74, 6) is 0.0757. The van der Waals surface area contributed by atoms with E-state index in [1.54, 1.807) is 0 Å². The largest absolute Gasteiger partial charge is 0.466 e. The molecule has 3 aliphatic rings. The van der Waals surface area contributed by atoms with Gasteiger partial charge in [-0.15, -0.1) is 0 Å². The van der Waals surface area contributed by atoms with Crippen LogP contribution in [0.3, 0.4) is 0 Å². The number of hydrogen-bond acceptors (Lipinski definition) is 2. The molecule has 3 heteroatoms. The zero-order valence-corrected chi connectivity index (χ0v) is 11.5. The fraction of sp³-hybridized carbons (Fsp3) is 0.917. The van der Waals surface area contributed by atoms with Gasteiger partial charge in [-0.2, -0.15) is 0 Å². The Morgan fingerprint density at radius 3 is 2.13 bits per heavy atom. The van der Waals surface area contributed by atoms with Crippen molar-refractivity contribution >= 4 is 28.6 Å². The number of esters is 1. The van der Waals surface area contributed by atoms with Crippen LogP contribution in [0.15, 0.2) is 0 Å². The molecule has 0 aromatic rings. The second-order valence-electron chi connectivity index (χ2n) is 5.13. The lowest BCUT2D eigenvalue weighted by Gasteiger charge is -2.51. The van der Waals surface area contributed by atoms with Crippen molar-refractivity contribution in [1.29, 1.82) is 0 Å². The quantitative estimate of drug-likeness (QED) is 0.453. The van der Waals surface area contributed by atoms with Gasteiger partial charge in [-0.05, 0) is 50.9 Å². The first-order chi connectivity index (χ1) is 7.16. The zero-order chi connectivity index (χ0) is 10.9. The lowest BCUT2D eigenvalue weighted by molar-refractivity contribution is -0.164. The summed E-state index contributed by atoms with van der Waals surface area (Å²) in [4.78, 5) is 11.9. The van der Waals surface area contributed by atoms with Crippen molar-refractivity contribution in [3.63, 3.8) is 0 Å². The third-order valence-corrected chi connectivity index (χ3v) is 6.01. The molecule has 3 saturated carbocycles. The molecule has 0 radical (unpaired) electrons. The Kier molecular flexibility index (Phi) is 3.29. The van der Waals surface area contributed by atoms with Crippen LogP contribution in [-0.4, -0.2) is 17.0 Å². The van der Waals surface area contributed by atoms with Gasteiger partial charge in [0, 0.05) is 4.43 Å². The third kappa shape index (κ3) is 1.92. The monoisotopic (exact) mass is 322 g/mol. The van der Waals surface area contributed by atoms with Crippen LogP contribution in [0.25, 0.3) is 0 Å². The fourth-order valence-corrected chi connectivity index (χ4v) is 4.20. The summed E-state index contributed by atoms with van der Waals surface area (Å²) in [5, 5.41) is 0. The Morgan fingerprint density at radius 2 is 1.73 bits per heavy atom. The molecule has 3 aliphatic carbocycles. The Hall–Kier alpha value is 0.200. The topological polar surface area (TPSA) is 26.3 Å². The van der Waals surface area contributed by atoms with E-state index in [-0.39, 0.29) is 11.4 Å². The molecule has 0 amide bonds. The van der Waals surface area contributed by atoms with Gasteiger partial charge in [0.05, 0.1) is 12.0 Å². The van der Waals surface area contributed by atoms with Crippen molar-refractivity contribution in [2.45, 2.75) is 45.4 Å². The molecule has 0 heterocycles. The highest BCUT2D eigenvalue weighted by Crippen LogP contribution is 2.57. The Labute approximate surface area is 105 Å². The average Bonchev–Trinajstić information content (AvgIpc) is 2.32. The number of halogens is 1. The molecular weight excluding hydrogens is 303 g/mol. The molecule has 86 valence electrons. The van der Waals surface area contributed by atoms with Crippen LogP contribution in [0.2, 0.25) is 0 Å². The summed E-state index contributed by atoms with van der Waals surface area (Å²) in [6.07, 6.45) is 6.89. The highest BCUT2D eigenvalue weighted by Gasteiger charge is 2.52. The van der Waals surface area contributed by atoms with E-state index in [2.05, 4.69) is 22.6 Å². The third-order valence-electron chi connectivity index (χ3n) is 4.39. The molecule has 0 aromatic heterocycles. The van der Waals surface area contributed by atoms with Crippen LogP contribution < -0.4 is 0 Å². The molecule has 0 spiro atoms. The normalized spacial score (nSPS) is 39.1. The second-order valence-corrected chi connectivity index (χ2v) is 5.90. The molecule has 3 fully saturated rings. The van der Waals surface area contributed by atoms with Crippen LogP contribution in [0, 0.1) is 10.8 Å². The first-order valence-electron chi connectivity index (χ1n) is 5.90. The standard InChI is InChI=1S/C12H19IO2/c1-2-15-10(14)12-6-3-11(9-13,4-7-12)5-8-12/h2-9H2,1H3. The molecule has 0 unspecified atom stereocenters. The molecule has 0 atom stereocenters. The number of rotatable bonds is 3. The molecule has 0 saturated heterocycles. The molecule has 0 aromatic carbocycles. The van der Waals surface area contributed by atoms with Crippen LogP contribution in [0.5, 0.6) is 0 Å². The molecule has 0 aliphatic heterocycles. The minimum Gasteiger partial charge on any atom is -0.466 e. The van der Waals surface area contributed by atoms with E-state index in [1.165, 1.54) is 23.7 Å². The first-order valence-corrected chi connectivity index (χ1v) is 7.42. The highest BCUT2D eigenvalue weighted by molar-refractivity contribution is 14.1. The van der Waals surface area contributed by atoms with E-state index in [9.17, 15) is 4.79 Å². The van der Waals surface area contributed by atoms with E-state index in [1.807, 2.05) is 6.92 Å². The van der Waals surface area contributed by atoms with Crippen molar-refractivity contribution < 1.29 is 9.53 Å². The lowest BCUT2D eigenvalue weighted by Crippen LogP contribution is -2.47. The van der Waals surface area contributed by atoms with Gasteiger partial charge < -0.3 is 4.74 Å². The van der Waals surface area contributed by atoms with Gasteiger partial charge in [-0.1, -0.05) is 22.6 Å². The van der Waals surface area contributed by atoms with Crippen molar-refractivity contribution in [1.82, 2.24) is 0 Å². The number of fused-ring (bicyclic) bond motifs is 3. The predicted molar refractivity (Wildman–Crippen MR) is 68.1 cm³/mol. The van der Waals surface area contributed by atoms with Gasteiger partial charge >= 0.3 is 5.97 Å². The maximum absolute atomic E-state index is 11.9. The maximum atomic E-state index is 11.9. The van der Waals surface area contributed by atoms with E-state index >= 15 is 0 Å². The summed E-state index contributed by atoms with van der Waals surface area (Å²) in [6.45, 7) is 2.42. The zero-order valence-electron chi connectivity index (χ0n) is 9.35. The predicted octanol–water partition coefficient (Wildman–Crippen LogP) is 3.33. The SMILES string of the molecule is CCOC(=O)C12CCC(CI)(CC1)CC2. The molecule has 0 N–H and O–H groups in total. The first kappa shape index (κ1) is 11.7. The van der Waals surface area contributed by atoms with Crippen molar-refractivity contribution in [3.8, 4) is 0 Å². The highest BCUT2D eigenvalue weighted by atomic mass is 127. The minimum atomic E-state index is -0.0937. The van der Waals surface area contributed by atoms with Crippen LogP contribution in [-0.2, 0) is 9.53 Å². The van der Waals surface area contributed by atoms with E-state index in [4.69, 9.17) is 4.74 Å². The minimum absolute atomic E-state index is 0.0757. The van der Waals surface area contributed by atoms with Gasteiger partial charge in [0.15, 0.2) is 0 Å². The Bertz CT molecular complexity index is 238. The van der Waals surface area contributed by atoms with E-state index in [0.717, 1.165) is 19.3 Å². The number of carbonyl (C=O) groups is 1. The van der Waals surface area contributed by atoms with Gasteiger partial charge in [0.25, 0.3) is 0 Å². The molecule has 3 rings (SSSR count). The smallest absolute Gasteiger partial charge is 0.312 e. The second kappa shape index (κ2) is 4.22. The Balaban J connectivity index is 2.06.